The number of aromatic nitrogens is 2. The molecule has 0 aromatic carbocycles. The molecule has 0 radical (unpaired) electrons. The summed E-state index contributed by atoms with van der Waals surface area (Å²) in [6.45, 7) is 7.30. The maximum atomic E-state index is 11.1. The summed E-state index contributed by atoms with van der Waals surface area (Å²) >= 11 is 3.42. The molecule has 3 nitrogen and oxygen atoms in total. The molecule has 0 saturated carbocycles. The van der Waals surface area contributed by atoms with Gasteiger partial charge in [0.15, 0.2) is 5.78 Å². The van der Waals surface area contributed by atoms with Crippen LogP contribution in [-0.4, -0.2) is 15.6 Å². The van der Waals surface area contributed by atoms with E-state index in [9.17, 15) is 4.79 Å². The minimum Gasteiger partial charge on any atom is -0.298 e. The lowest BCUT2D eigenvalue weighted by Crippen LogP contribution is -2.16. The predicted molar refractivity (Wildman–Crippen MR) is 54.8 cm³/mol. The van der Waals surface area contributed by atoms with Crippen LogP contribution in [0.4, 0.5) is 0 Å². The van der Waals surface area contributed by atoms with Gasteiger partial charge in [0, 0.05) is 0 Å². The van der Waals surface area contributed by atoms with Crippen molar-refractivity contribution in [3.05, 3.63) is 15.9 Å². The van der Waals surface area contributed by atoms with Crippen LogP contribution < -0.4 is 0 Å². The molecule has 0 aliphatic rings. The van der Waals surface area contributed by atoms with Gasteiger partial charge in [0.1, 0.15) is 6.04 Å². The van der Waals surface area contributed by atoms with Crippen LogP contribution in [0.1, 0.15) is 31.3 Å². The summed E-state index contributed by atoms with van der Waals surface area (Å²) in [4.78, 5) is 11.1. The molecule has 1 heterocycles. The summed E-state index contributed by atoms with van der Waals surface area (Å²) in [5, 5.41) is 4.28. The van der Waals surface area contributed by atoms with Crippen LogP contribution in [-0.2, 0) is 4.79 Å². The average Bonchev–Trinajstić information content (AvgIpc) is 2.31. The zero-order valence-electron chi connectivity index (χ0n) is 8.26. The normalized spacial score (nSPS) is 13.0. The average molecular weight is 245 g/mol. The molecule has 1 rings (SSSR count). The topological polar surface area (TPSA) is 34.9 Å². The standard InChI is InChI=1S/C9H13BrN2O/c1-5-9(10)7(3)12(11-5)6(2)8(4)13/h6H,1-4H3. The molecular formula is C9H13BrN2O. The quantitative estimate of drug-likeness (QED) is 0.801. The third-order valence-corrected chi connectivity index (χ3v) is 3.34. The van der Waals surface area contributed by atoms with Gasteiger partial charge in [-0.1, -0.05) is 0 Å². The highest BCUT2D eigenvalue weighted by molar-refractivity contribution is 9.10. The van der Waals surface area contributed by atoms with Crippen LogP contribution in [0.25, 0.3) is 0 Å². The zero-order valence-corrected chi connectivity index (χ0v) is 9.84. The van der Waals surface area contributed by atoms with Gasteiger partial charge >= 0.3 is 0 Å². The van der Waals surface area contributed by atoms with Crippen molar-refractivity contribution in [1.82, 2.24) is 9.78 Å². The first-order valence-corrected chi connectivity index (χ1v) is 4.96. The Labute approximate surface area is 86.3 Å². The van der Waals surface area contributed by atoms with Crippen LogP contribution in [0.15, 0.2) is 4.47 Å². The number of carbonyl (C=O) groups excluding carboxylic acids is 1. The fourth-order valence-electron chi connectivity index (χ4n) is 1.19. The molecule has 0 bridgehead atoms. The van der Waals surface area contributed by atoms with Crippen molar-refractivity contribution in [1.29, 1.82) is 0 Å². The van der Waals surface area contributed by atoms with E-state index < -0.39 is 0 Å². The molecule has 0 saturated heterocycles. The molecule has 0 amide bonds. The molecule has 72 valence electrons. The molecule has 1 atom stereocenters. The van der Waals surface area contributed by atoms with Crippen LogP contribution in [0.2, 0.25) is 0 Å². The fourth-order valence-corrected chi connectivity index (χ4v) is 1.45. The lowest BCUT2D eigenvalue weighted by atomic mass is 10.2. The molecule has 0 spiro atoms. The Bertz CT molecular complexity index is 344. The first kappa shape index (κ1) is 10.4. The number of carbonyl (C=O) groups is 1. The molecule has 1 aromatic heterocycles. The van der Waals surface area contributed by atoms with Gasteiger partial charge in [-0.3, -0.25) is 9.48 Å². The van der Waals surface area contributed by atoms with Gasteiger partial charge in [-0.05, 0) is 43.6 Å². The van der Waals surface area contributed by atoms with E-state index in [1.54, 1.807) is 11.6 Å². The number of hydrogen-bond acceptors (Lipinski definition) is 2. The Morgan fingerprint density at radius 2 is 2.08 bits per heavy atom. The monoisotopic (exact) mass is 244 g/mol. The summed E-state index contributed by atoms with van der Waals surface area (Å²) in [7, 11) is 0. The van der Waals surface area contributed by atoms with Crippen LogP contribution in [0.5, 0.6) is 0 Å². The molecule has 1 aromatic rings. The smallest absolute Gasteiger partial charge is 0.154 e. The van der Waals surface area contributed by atoms with Gasteiger partial charge in [-0.15, -0.1) is 0 Å². The maximum absolute atomic E-state index is 11.1. The lowest BCUT2D eigenvalue weighted by molar-refractivity contribution is -0.119. The van der Waals surface area contributed by atoms with Gasteiger partial charge in [0.25, 0.3) is 0 Å². The van der Waals surface area contributed by atoms with E-state index in [1.165, 1.54) is 0 Å². The lowest BCUT2D eigenvalue weighted by Gasteiger charge is -2.09. The van der Waals surface area contributed by atoms with Gasteiger partial charge in [0.05, 0.1) is 15.9 Å². The van der Waals surface area contributed by atoms with Gasteiger partial charge in [-0.25, -0.2) is 0 Å². The number of ketones is 1. The molecule has 13 heavy (non-hydrogen) atoms. The van der Waals surface area contributed by atoms with E-state index in [-0.39, 0.29) is 11.8 Å². The predicted octanol–water partition coefficient (Wildman–Crippen LogP) is 2.41. The van der Waals surface area contributed by atoms with E-state index in [0.717, 1.165) is 15.9 Å². The highest BCUT2D eigenvalue weighted by atomic mass is 79.9. The van der Waals surface area contributed by atoms with Crippen molar-refractivity contribution >= 4 is 21.7 Å². The number of nitrogens with zero attached hydrogens (tertiary/aromatic N) is 2. The Morgan fingerprint density at radius 3 is 2.38 bits per heavy atom. The minimum absolute atomic E-state index is 0.123. The number of hydrogen-bond donors (Lipinski definition) is 0. The Morgan fingerprint density at radius 1 is 1.54 bits per heavy atom. The van der Waals surface area contributed by atoms with Crippen LogP contribution >= 0.6 is 15.9 Å². The molecular weight excluding hydrogens is 232 g/mol. The van der Waals surface area contributed by atoms with E-state index >= 15 is 0 Å². The minimum atomic E-state index is -0.176. The van der Waals surface area contributed by atoms with E-state index in [0.29, 0.717) is 0 Å². The third kappa shape index (κ3) is 1.82. The van der Waals surface area contributed by atoms with E-state index in [2.05, 4.69) is 21.0 Å². The van der Waals surface area contributed by atoms with Crippen molar-refractivity contribution in [3.8, 4) is 0 Å². The summed E-state index contributed by atoms with van der Waals surface area (Å²) in [6, 6.07) is -0.176. The second-order valence-corrected chi connectivity index (χ2v) is 4.01. The summed E-state index contributed by atoms with van der Waals surface area (Å²) in [5.74, 6) is 0.123. The second kappa shape index (κ2) is 3.62. The van der Waals surface area contributed by atoms with Crippen molar-refractivity contribution in [2.24, 2.45) is 0 Å². The van der Waals surface area contributed by atoms with Crippen LogP contribution in [0.3, 0.4) is 0 Å². The SMILES string of the molecule is CC(=O)C(C)n1nc(C)c(Br)c1C. The molecule has 1 unspecified atom stereocenters. The van der Waals surface area contributed by atoms with Crippen molar-refractivity contribution in [3.63, 3.8) is 0 Å². The van der Waals surface area contributed by atoms with Crippen molar-refractivity contribution < 1.29 is 4.79 Å². The molecule has 0 aliphatic heterocycles. The highest BCUT2D eigenvalue weighted by Crippen LogP contribution is 2.22. The number of halogens is 1. The Hall–Kier alpha value is -0.640. The number of aryl methyl sites for hydroxylation is 1. The molecule has 0 fully saturated rings. The zero-order chi connectivity index (χ0) is 10.2. The third-order valence-electron chi connectivity index (χ3n) is 2.19. The number of Topliss-reactive ketones (excluding diaryl/α,β-unsaturated/α-hetero) is 1. The summed E-state index contributed by atoms with van der Waals surface area (Å²) in [6.07, 6.45) is 0. The molecule has 0 N–H and O–H groups in total. The van der Waals surface area contributed by atoms with Crippen molar-refractivity contribution in [2.75, 3.05) is 0 Å². The highest BCUT2D eigenvalue weighted by Gasteiger charge is 2.16. The van der Waals surface area contributed by atoms with E-state index in [4.69, 9.17) is 0 Å². The first-order valence-electron chi connectivity index (χ1n) is 4.16. The Balaban J connectivity index is 3.15. The summed E-state index contributed by atoms with van der Waals surface area (Å²) < 4.78 is 2.74. The largest absolute Gasteiger partial charge is 0.298 e. The Kier molecular flexibility index (Phi) is 2.91. The maximum Gasteiger partial charge on any atom is 0.154 e. The van der Waals surface area contributed by atoms with Gasteiger partial charge in [0.2, 0.25) is 0 Å². The van der Waals surface area contributed by atoms with Gasteiger partial charge < -0.3 is 0 Å². The summed E-state index contributed by atoms with van der Waals surface area (Å²) in [5.41, 5.74) is 1.92. The fraction of sp³-hybridized carbons (Fsp3) is 0.556. The van der Waals surface area contributed by atoms with Crippen LogP contribution in [0, 0.1) is 13.8 Å². The second-order valence-electron chi connectivity index (χ2n) is 3.22. The first-order chi connectivity index (χ1) is 5.95. The number of rotatable bonds is 2. The van der Waals surface area contributed by atoms with Crippen molar-refractivity contribution in [2.45, 2.75) is 33.7 Å². The van der Waals surface area contributed by atoms with E-state index in [1.807, 2.05) is 20.8 Å². The van der Waals surface area contributed by atoms with Gasteiger partial charge in [-0.2, -0.15) is 5.10 Å². The molecule has 0 aliphatic carbocycles. The molecule has 4 heteroatoms.